The van der Waals surface area contributed by atoms with Crippen LogP contribution in [0.15, 0.2) is 48.5 Å². The molecule has 24 heavy (non-hydrogen) atoms. The molecule has 0 saturated heterocycles. The van der Waals surface area contributed by atoms with Gasteiger partial charge in [-0.1, -0.05) is 30.3 Å². The number of phenolic OH excluding ortho intramolecular Hbond substituents is 1. The molecule has 2 aromatic carbocycles. The number of benzene rings is 2. The maximum Gasteiger partial charge on any atom is 0.229 e. The van der Waals surface area contributed by atoms with Gasteiger partial charge in [0.2, 0.25) is 15.9 Å². The summed E-state index contributed by atoms with van der Waals surface area (Å²) in [6.45, 7) is 1.78. The molecule has 128 valence electrons. The van der Waals surface area contributed by atoms with Crippen molar-refractivity contribution in [3.8, 4) is 5.75 Å². The molecule has 0 aliphatic heterocycles. The normalized spacial score (nSPS) is 12.4. The maximum absolute atomic E-state index is 12.2. The third-order valence-electron chi connectivity index (χ3n) is 3.38. The van der Waals surface area contributed by atoms with E-state index in [-0.39, 0.29) is 24.1 Å². The quantitative estimate of drug-likeness (QED) is 0.745. The largest absolute Gasteiger partial charge is 0.508 e. The van der Waals surface area contributed by atoms with Crippen molar-refractivity contribution in [2.24, 2.45) is 0 Å². The van der Waals surface area contributed by atoms with Gasteiger partial charge in [-0.25, -0.2) is 8.42 Å². The second-order valence-electron chi connectivity index (χ2n) is 5.60. The highest BCUT2D eigenvalue weighted by Gasteiger charge is 2.15. The second kappa shape index (κ2) is 7.35. The molecule has 0 aliphatic carbocycles. The molecule has 1 atom stereocenters. The Kier molecular flexibility index (Phi) is 5.46. The van der Waals surface area contributed by atoms with Crippen LogP contribution in [-0.2, 0) is 21.2 Å². The number of hydrogen-bond donors (Lipinski definition) is 3. The van der Waals surface area contributed by atoms with E-state index in [1.165, 1.54) is 12.1 Å². The Balaban J connectivity index is 2.09. The van der Waals surface area contributed by atoms with Gasteiger partial charge in [-0.2, -0.15) is 0 Å². The van der Waals surface area contributed by atoms with Crippen LogP contribution in [0.25, 0.3) is 0 Å². The van der Waals surface area contributed by atoms with E-state index in [9.17, 15) is 18.3 Å². The number of nitrogens with one attached hydrogen (secondary N) is 2. The number of carbonyl (C=O) groups excluding carboxylic acids is 1. The highest BCUT2D eigenvalue weighted by atomic mass is 32.2. The van der Waals surface area contributed by atoms with Gasteiger partial charge in [-0.3, -0.25) is 9.52 Å². The molecule has 2 rings (SSSR count). The van der Waals surface area contributed by atoms with Gasteiger partial charge < -0.3 is 10.4 Å². The van der Waals surface area contributed by atoms with E-state index >= 15 is 0 Å². The van der Waals surface area contributed by atoms with Crippen molar-refractivity contribution in [1.29, 1.82) is 0 Å². The van der Waals surface area contributed by atoms with Gasteiger partial charge in [0, 0.05) is 0 Å². The van der Waals surface area contributed by atoms with Crippen LogP contribution < -0.4 is 10.0 Å². The molecule has 2 aromatic rings. The lowest BCUT2D eigenvalue weighted by Gasteiger charge is -2.18. The number of para-hydroxylation sites is 1. The Labute approximate surface area is 141 Å². The number of hydrogen-bond acceptors (Lipinski definition) is 4. The summed E-state index contributed by atoms with van der Waals surface area (Å²) in [6.07, 6.45) is 1.20. The molecule has 0 fully saturated rings. The van der Waals surface area contributed by atoms with Gasteiger partial charge in [-0.05, 0) is 36.2 Å². The average Bonchev–Trinajstić information content (AvgIpc) is 2.45. The van der Waals surface area contributed by atoms with Crippen LogP contribution in [0.1, 0.15) is 24.1 Å². The standard InChI is InChI=1S/C17H20N2O4S/c1-12(15-8-3-4-9-16(15)19-24(2,22)23)18-17(21)11-13-6-5-7-14(20)10-13/h3-10,12,19-20H,11H2,1-2H3,(H,18,21). The topological polar surface area (TPSA) is 95.5 Å². The molecule has 7 heteroatoms. The van der Waals surface area contributed by atoms with E-state index < -0.39 is 10.0 Å². The van der Waals surface area contributed by atoms with Crippen molar-refractivity contribution in [3.63, 3.8) is 0 Å². The van der Waals surface area contributed by atoms with Gasteiger partial charge in [0.25, 0.3) is 0 Å². The predicted molar refractivity (Wildman–Crippen MR) is 93.3 cm³/mol. The number of aromatic hydroxyl groups is 1. The van der Waals surface area contributed by atoms with Crippen molar-refractivity contribution >= 4 is 21.6 Å². The summed E-state index contributed by atoms with van der Waals surface area (Å²) >= 11 is 0. The fourth-order valence-corrected chi connectivity index (χ4v) is 2.97. The summed E-state index contributed by atoms with van der Waals surface area (Å²) in [5.74, 6) is -0.113. The lowest BCUT2D eigenvalue weighted by Crippen LogP contribution is -2.28. The summed E-state index contributed by atoms with van der Waals surface area (Å²) in [5.41, 5.74) is 1.81. The Bertz CT molecular complexity index is 834. The molecule has 0 heterocycles. The first-order chi connectivity index (χ1) is 11.2. The highest BCUT2D eigenvalue weighted by Crippen LogP contribution is 2.23. The van der Waals surface area contributed by atoms with Crippen molar-refractivity contribution in [2.75, 3.05) is 11.0 Å². The molecule has 6 nitrogen and oxygen atoms in total. The summed E-state index contributed by atoms with van der Waals surface area (Å²) in [7, 11) is -3.41. The molecular formula is C17H20N2O4S. The highest BCUT2D eigenvalue weighted by molar-refractivity contribution is 7.92. The lowest BCUT2D eigenvalue weighted by atomic mass is 10.1. The molecule has 1 amide bonds. The van der Waals surface area contributed by atoms with E-state index in [0.717, 1.165) is 6.26 Å². The molecule has 0 aromatic heterocycles. The van der Waals surface area contributed by atoms with E-state index in [2.05, 4.69) is 10.0 Å². The first-order valence-corrected chi connectivity index (χ1v) is 9.28. The minimum absolute atomic E-state index is 0.107. The Morgan fingerprint density at radius 3 is 2.54 bits per heavy atom. The van der Waals surface area contributed by atoms with Crippen molar-refractivity contribution in [3.05, 3.63) is 59.7 Å². The van der Waals surface area contributed by atoms with Crippen LogP contribution in [-0.4, -0.2) is 25.7 Å². The summed E-state index contributed by atoms with van der Waals surface area (Å²) in [5, 5.41) is 12.3. The SMILES string of the molecule is CC(NC(=O)Cc1cccc(O)c1)c1ccccc1NS(C)(=O)=O. The van der Waals surface area contributed by atoms with Gasteiger partial charge in [-0.15, -0.1) is 0 Å². The number of sulfonamides is 1. The fourth-order valence-electron chi connectivity index (χ4n) is 2.39. The fraction of sp³-hybridized carbons (Fsp3) is 0.235. The second-order valence-corrected chi connectivity index (χ2v) is 7.35. The minimum Gasteiger partial charge on any atom is -0.508 e. The third kappa shape index (κ3) is 5.27. The van der Waals surface area contributed by atoms with Crippen LogP contribution in [0.5, 0.6) is 5.75 Å². The van der Waals surface area contributed by atoms with Gasteiger partial charge in [0.15, 0.2) is 0 Å². The van der Waals surface area contributed by atoms with Crippen molar-refractivity contribution in [2.45, 2.75) is 19.4 Å². The number of anilines is 1. The van der Waals surface area contributed by atoms with Gasteiger partial charge in [0.1, 0.15) is 5.75 Å². The Morgan fingerprint density at radius 2 is 1.88 bits per heavy atom. The van der Waals surface area contributed by atoms with Crippen LogP contribution >= 0.6 is 0 Å². The molecular weight excluding hydrogens is 328 g/mol. The zero-order chi connectivity index (χ0) is 17.7. The molecule has 0 aliphatic rings. The minimum atomic E-state index is -3.41. The van der Waals surface area contributed by atoms with Crippen molar-refractivity contribution < 1.29 is 18.3 Å². The first kappa shape index (κ1) is 17.8. The Morgan fingerprint density at radius 1 is 1.17 bits per heavy atom. The number of rotatable bonds is 6. The average molecular weight is 348 g/mol. The van der Waals surface area contributed by atoms with Crippen molar-refractivity contribution in [1.82, 2.24) is 5.32 Å². The van der Waals surface area contributed by atoms with E-state index in [0.29, 0.717) is 16.8 Å². The first-order valence-electron chi connectivity index (χ1n) is 7.38. The lowest BCUT2D eigenvalue weighted by molar-refractivity contribution is -0.121. The number of carbonyl (C=O) groups is 1. The molecule has 1 unspecified atom stereocenters. The Hall–Kier alpha value is -2.54. The zero-order valence-corrected chi connectivity index (χ0v) is 14.3. The molecule has 0 bridgehead atoms. The smallest absolute Gasteiger partial charge is 0.229 e. The maximum atomic E-state index is 12.2. The molecule has 0 spiro atoms. The van der Waals surface area contributed by atoms with Gasteiger partial charge >= 0.3 is 0 Å². The summed E-state index contributed by atoms with van der Waals surface area (Å²) < 4.78 is 25.3. The molecule has 3 N–H and O–H groups in total. The number of phenols is 1. The van der Waals surface area contributed by atoms with Crippen LogP contribution in [0, 0.1) is 0 Å². The number of amides is 1. The zero-order valence-electron chi connectivity index (χ0n) is 13.5. The summed E-state index contributed by atoms with van der Waals surface area (Å²) in [6, 6.07) is 13.0. The third-order valence-corrected chi connectivity index (χ3v) is 3.97. The predicted octanol–water partition coefficient (Wildman–Crippen LogP) is 2.18. The molecule has 0 saturated carbocycles. The van der Waals surface area contributed by atoms with E-state index in [4.69, 9.17) is 0 Å². The monoisotopic (exact) mass is 348 g/mol. The van der Waals surface area contributed by atoms with E-state index in [1.807, 2.05) is 0 Å². The summed E-state index contributed by atoms with van der Waals surface area (Å²) in [4.78, 5) is 12.2. The van der Waals surface area contributed by atoms with Gasteiger partial charge in [0.05, 0.1) is 24.4 Å². The van der Waals surface area contributed by atoms with Crippen LogP contribution in [0.4, 0.5) is 5.69 Å². The molecule has 0 radical (unpaired) electrons. The van der Waals surface area contributed by atoms with Crippen LogP contribution in [0.2, 0.25) is 0 Å². The van der Waals surface area contributed by atoms with E-state index in [1.54, 1.807) is 43.3 Å². The van der Waals surface area contributed by atoms with Crippen LogP contribution in [0.3, 0.4) is 0 Å².